The van der Waals surface area contributed by atoms with Crippen molar-refractivity contribution in [3.63, 3.8) is 0 Å². The lowest BCUT2D eigenvalue weighted by Gasteiger charge is -2.21. The Kier molecular flexibility index (Phi) is 7.06. The third-order valence-electron chi connectivity index (χ3n) is 3.59. The fraction of sp³-hybridized carbons (Fsp3) is 1.00. The van der Waals surface area contributed by atoms with Gasteiger partial charge < -0.3 is 9.84 Å². The Morgan fingerprint density at radius 2 is 1.75 bits per heavy atom. The van der Waals surface area contributed by atoms with E-state index < -0.39 is 0 Å². The van der Waals surface area contributed by atoms with Crippen molar-refractivity contribution in [3.8, 4) is 0 Å². The molecule has 0 aliphatic heterocycles. The van der Waals surface area contributed by atoms with Crippen LogP contribution >= 0.6 is 0 Å². The molecular weight excluding hydrogens is 200 g/mol. The van der Waals surface area contributed by atoms with Crippen LogP contribution in [-0.2, 0) is 4.74 Å². The molecule has 1 N–H and O–H groups in total. The number of unbranched alkanes of at least 4 members (excludes halogenated alkanes) is 5. The average molecular weight is 228 g/mol. The first kappa shape index (κ1) is 14.0. The number of hydrogen-bond donors (Lipinski definition) is 1. The van der Waals surface area contributed by atoms with E-state index in [2.05, 4.69) is 6.92 Å². The molecule has 0 aromatic carbocycles. The van der Waals surface area contributed by atoms with Crippen molar-refractivity contribution in [1.29, 1.82) is 0 Å². The number of aliphatic hydroxyl groups is 1. The first-order chi connectivity index (χ1) is 7.79. The van der Waals surface area contributed by atoms with Crippen LogP contribution in [0.3, 0.4) is 0 Å². The van der Waals surface area contributed by atoms with Crippen LogP contribution in [0.4, 0.5) is 0 Å². The maximum absolute atomic E-state index is 10.00. The van der Waals surface area contributed by atoms with E-state index in [1.165, 1.54) is 44.9 Å². The van der Waals surface area contributed by atoms with Crippen LogP contribution in [0.25, 0.3) is 0 Å². The lowest BCUT2D eigenvalue weighted by molar-refractivity contribution is -0.0288. The summed E-state index contributed by atoms with van der Waals surface area (Å²) in [5.74, 6) is 0.639. The summed E-state index contributed by atoms with van der Waals surface area (Å²) in [6, 6.07) is 0. The van der Waals surface area contributed by atoms with Gasteiger partial charge in [-0.3, -0.25) is 0 Å². The van der Waals surface area contributed by atoms with Crippen molar-refractivity contribution in [2.24, 2.45) is 5.92 Å². The summed E-state index contributed by atoms with van der Waals surface area (Å²) < 4.78 is 5.38. The Hall–Kier alpha value is -0.0800. The van der Waals surface area contributed by atoms with Crippen molar-refractivity contribution >= 4 is 0 Å². The predicted octanol–water partition coefficient (Wildman–Crippen LogP) is 3.52. The van der Waals surface area contributed by atoms with Gasteiger partial charge in [-0.25, -0.2) is 0 Å². The van der Waals surface area contributed by atoms with Gasteiger partial charge in [-0.15, -0.1) is 0 Å². The number of rotatable bonds is 10. The lowest BCUT2D eigenvalue weighted by atomic mass is 10.0. The molecule has 2 nitrogen and oxygen atoms in total. The average Bonchev–Trinajstić information content (AvgIpc) is 3.08. The molecule has 2 heteroatoms. The zero-order chi connectivity index (χ0) is 11.8. The highest BCUT2D eigenvalue weighted by Crippen LogP contribution is 2.36. The van der Waals surface area contributed by atoms with Crippen molar-refractivity contribution in [2.75, 3.05) is 7.11 Å². The van der Waals surface area contributed by atoms with Gasteiger partial charge >= 0.3 is 0 Å². The SMILES string of the molecule is CCCCCCCCC(O)C(OC)C1CC1. The van der Waals surface area contributed by atoms with Crippen LogP contribution in [0.2, 0.25) is 0 Å². The minimum atomic E-state index is -0.233. The van der Waals surface area contributed by atoms with Crippen LogP contribution in [0.15, 0.2) is 0 Å². The third kappa shape index (κ3) is 5.31. The highest BCUT2D eigenvalue weighted by atomic mass is 16.5. The summed E-state index contributed by atoms with van der Waals surface area (Å²) in [7, 11) is 1.73. The highest BCUT2D eigenvalue weighted by Gasteiger charge is 2.35. The monoisotopic (exact) mass is 228 g/mol. The van der Waals surface area contributed by atoms with E-state index in [-0.39, 0.29) is 12.2 Å². The predicted molar refractivity (Wildman–Crippen MR) is 67.5 cm³/mol. The van der Waals surface area contributed by atoms with Gasteiger partial charge in [0.1, 0.15) is 0 Å². The topological polar surface area (TPSA) is 29.5 Å². The Morgan fingerprint density at radius 3 is 2.31 bits per heavy atom. The van der Waals surface area contributed by atoms with Crippen molar-refractivity contribution in [3.05, 3.63) is 0 Å². The fourth-order valence-electron chi connectivity index (χ4n) is 2.39. The summed E-state index contributed by atoms with van der Waals surface area (Å²) in [6.45, 7) is 2.24. The minimum absolute atomic E-state index is 0.107. The molecule has 1 aliphatic carbocycles. The van der Waals surface area contributed by atoms with Crippen LogP contribution in [-0.4, -0.2) is 24.4 Å². The van der Waals surface area contributed by atoms with Crippen LogP contribution in [0.5, 0.6) is 0 Å². The fourth-order valence-corrected chi connectivity index (χ4v) is 2.39. The van der Waals surface area contributed by atoms with Crippen LogP contribution < -0.4 is 0 Å². The molecule has 0 saturated heterocycles. The van der Waals surface area contributed by atoms with E-state index in [9.17, 15) is 5.11 Å². The molecule has 0 radical (unpaired) electrons. The van der Waals surface area contributed by atoms with Gasteiger partial charge in [0, 0.05) is 7.11 Å². The summed E-state index contributed by atoms with van der Waals surface area (Å²) in [6.07, 6.45) is 11.0. The molecular formula is C14H28O2. The van der Waals surface area contributed by atoms with E-state index in [1.54, 1.807) is 7.11 Å². The second kappa shape index (κ2) is 8.08. The van der Waals surface area contributed by atoms with Crippen LogP contribution in [0, 0.1) is 5.92 Å². The summed E-state index contributed by atoms with van der Waals surface area (Å²) in [4.78, 5) is 0. The molecule has 1 saturated carbocycles. The van der Waals surface area contributed by atoms with Gasteiger partial charge in [0.05, 0.1) is 12.2 Å². The first-order valence-corrected chi connectivity index (χ1v) is 7.00. The first-order valence-electron chi connectivity index (χ1n) is 7.00. The lowest BCUT2D eigenvalue weighted by Crippen LogP contribution is -2.29. The molecule has 1 fully saturated rings. The van der Waals surface area contributed by atoms with E-state index in [4.69, 9.17) is 4.74 Å². The van der Waals surface area contributed by atoms with Gasteiger partial charge in [0.2, 0.25) is 0 Å². The van der Waals surface area contributed by atoms with E-state index in [0.717, 1.165) is 12.8 Å². The summed E-state index contributed by atoms with van der Waals surface area (Å²) in [5.41, 5.74) is 0. The van der Waals surface area contributed by atoms with Gasteiger partial charge in [-0.2, -0.15) is 0 Å². The number of aliphatic hydroxyl groups excluding tert-OH is 1. The molecule has 96 valence electrons. The third-order valence-corrected chi connectivity index (χ3v) is 3.59. The zero-order valence-corrected chi connectivity index (χ0v) is 11.0. The standard InChI is InChI=1S/C14H28O2/c1-3-4-5-6-7-8-9-13(15)14(16-2)12-10-11-12/h12-15H,3-11H2,1-2H3. The van der Waals surface area contributed by atoms with E-state index >= 15 is 0 Å². The Balaban J connectivity index is 1.98. The molecule has 2 atom stereocenters. The molecule has 0 heterocycles. The van der Waals surface area contributed by atoms with Gasteiger partial charge in [-0.1, -0.05) is 45.4 Å². The molecule has 0 aromatic heterocycles. The number of ether oxygens (including phenoxy) is 1. The summed E-state index contributed by atoms with van der Waals surface area (Å²) >= 11 is 0. The maximum atomic E-state index is 10.00. The molecule has 1 rings (SSSR count). The maximum Gasteiger partial charge on any atom is 0.0858 e. The summed E-state index contributed by atoms with van der Waals surface area (Å²) in [5, 5.41) is 10.00. The zero-order valence-electron chi connectivity index (χ0n) is 11.0. The van der Waals surface area contributed by atoms with E-state index in [1.807, 2.05) is 0 Å². The van der Waals surface area contributed by atoms with E-state index in [0.29, 0.717) is 5.92 Å². The van der Waals surface area contributed by atoms with Crippen molar-refractivity contribution in [1.82, 2.24) is 0 Å². The smallest absolute Gasteiger partial charge is 0.0858 e. The molecule has 0 spiro atoms. The van der Waals surface area contributed by atoms with Gasteiger partial charge in [-0.05, 0) is 25.2 Å². The van der Waals surface area contributed by atoms with Crippen molar-refractivity contribution < 1.29 is 9.84 Å². The molecule has 16 heavy (non-hydrogen) atoms. The Labute approximate surface area is 100 Å². The Morgan fingerprint density at radius 1 is 1.12 bits per heavy atom. The quantitative estimate of drug-likeness (QED) is 0.580. The largest absolute Gasteiger partial charge is 0.390 e. The van der Waals surface area contributed by atoms with Crippen LogP contribution in [0.1, 0.15) is 64.7 Å². The highest BCUT2D eigenvalue weighted by molar-refractivity contribution is 4.86. The number of methoxy groups -OCH3 is 1. The van der Waals surface area contributed by atoms with Gasteiger partial charge in [0.25, 0.3) is 0 Å². The normalized spacial score (nSPS) is 19.7. The van der Waals surface area contributed by atoms with Gasteiger partial charge in [0.15, 0.2) is 0 Å². The number of hydrogen-bond acceptors (Lipinski definition) is 2. The molecule has 2 unspecified atom stereocenters. The minimum Gasteiger partial charge on any atom is -0.390 e. The second-order valence-corrected chi connectivity index (χ2v) is 5.16. The molecule has 0 aromatic rings. The molecule has 0 amide bonds. The van der Waals surface area contributed by atoms with Crippen molar-refractivity contribution in [2.45, 2.75) is 76.9 Å². The second-order valence-electron chi connectivity index (χ2n) is 5.16. The molecule has 1 aliphatic rings. The Bertz CT molecular complexity index is 166. The molecule has 0 bridgehead atoms.